The van der Waals surface area contributed by atoms with Crippen molar-refractivity contribution in [3.05, 3.63) is 59.1 Å². The predicted molar refractivity (Wildman–Crippen MR) is 125 cm³/mol. The van der Waals surface area contributed by atoms with Gasteiger partial charge in [0.15, 0.2) is 0 Å². The number of nitrogens with zero attached hydrogens (tertiary/aromatic N) is 2. The van der Waals surface area contributed by atoms with Crippen LogP contribution in [0.4, 0.5) is 5.69 Å². The van der Waals surface area contributed by atoms with Gasteiger partial charge in [0, 0.05) is 10.6 Å². The first-order valence-corrected chi connectivity index (χ1v) is 11.2. The molecule has 7 heteroatoms. The van der Waals surface area contributed by atoms with Gasteiger partial charge in [0.1, 0.15) is 11.8 Å². The second kappa shape index (κ2) is 9.74. The SMILES string of the molecule is CCOc1ccc(N2C(=O)CC(N(C(=O)Cc3ccc(Cl)cc3)C(C)(C)CC)C2=O)cc1. The van der Waals surface area contributed by atoms with Crippen molar-refractivity contribution in [1.82, 2.24) is 4.90 Å². The van der Waals surface area contributed by atoms with Crippen LogP contribution in [0.2, 0.25) is 5.02 Å². The minimum Gasteiger partial charge on any atom is -0.494 e. The van der Waals surface area contributed by atoms with Crippen LogP contribution in [0.3, 0.4) is 0 Å². The lowest BCUT2D eigenvalue weighted by molar-refractivity contribution is -0.144. The molecule has 6 nitrogen and oxygen atoms in total. The molecule has 0 aromatic heterocycles. The molecule has 1 aliphatic heterocycles. The number of carbonyl (C=O) groups excluding carboxylic acids is 3. The number of benzene rings is 2. The fourth-order valence-electron chi connectivity index (χ4n) is 3.91. The summed E-state index contributed by atoms with van der Waals surface area (Å²) in [6.07, 6.45) is 0.726. The largest absolute Gasteiger partial charge is 0.494 e. The van der Waals surface area contributed by atoms with Crippen molar-refractivity contribution in [3.63, 3.8) is 0 Å². The second-order valence-electron chi connectivity index (χ2n) is 8.45. The van der Waals surface area contributed by atoms with Crippen LogP contribution >= 0.6 is 11.6 Å². The van der Waals surface area contributed by atoms with Crippen LogP contribution in [-0.2, 0) is 20.8 Å². The van der Waals surface area contributed by atoms with E-state index in [1.165, 1.54) is 4.90 Å². The Hall–Kier alpha value is -2.86. The van der Waals surface area contributed by atoms with Crippen molar-refractivity contribution >= 4 is 35.0 Å². The van der Waals surface area contributed by atoms with E-state index in [1.807, 2.05) is 27.7 Å². The summed E-state index contributed by atoms with van der Waals surface area (Å²) in [6.45, 7) is 8.22. The summed E-state index contributed by atoms with van der Waals surface area (Å²) in [4.78, 5) is 42.4. The van der Waals surface area contributed by atoms with Crippen molar-refractivity contribution < 1.29 is 19.1 Å². The van der Waals surface area contributed by atoms with E-state index in [9.17, 15) is 14.4 Å². The quantitative estimate of drug-likeness (QED) is 0.543. The number of amides is 3. The Morgan fingerprint density at radius 1 is 1.09 bits per heavy atom. The standard InChI is InChI=1S/C25H29ClN2O4/c1-5-25(3,4)28(23(30)15-17-7-9-18(26)10-8-17)21-16-22(29)27(24(21)31)19-11-13-20(14-12-19)32-6-2/h7-14,21H,5-6,15-16H2,1-4H3. The molecule has 3 amide bonds. The lowest BCUT2D eigenvalue weighted by Gasteiger charge is -2.41. The fourth-order valence-corrected chi connectivity index (χ4v) is 4.04. The Bertz CT molecular complexity index is 986. The molecule has 2 aromatic carbocycles. The molecule has 1 fully saturated rings. The molecule has 0 saturated carbocycles. The molecule has 2 aromatic rings. The van der Waals surface area contributed by atoms with Crippen molar-refractivity contribution in [2.75, 3.05) is 11.5 Å². The number of carbonyl (C=O) groups is 3. The van der Waals surface area contributed by atoms with Crippen LogP contribution in [0.15, 0.2) is 48.5 Å². The molecule has 1 heterocycles. The van der Waals surface area contributed by atoms with Gasteiger partial charge < -0.3 is 9.64 Å². The maximum atomic E-state index is 13.4. The maximum absolute atomic E-state index is 13.4. The molecular weight excluding hydrogens is 428 g/mol. The molecule has 0 radical (unpaired) electrons. The van der Waals surface area contributed by atoms with E-state index in [2.05, 4.69) is 0 Å². The Balaban J connectivity index is 1.88. The Morgan fingerprint density at radius 2 is 1.72 bits per heavy atom. The highest BCUT2D eigenvalue weighted by molar-refractivity contribution is 6.30. The summed E-state index contributed by atoms with van der Waals surface area (Å²) in [5, 5.41) is 0.592. The molecule has 0 bridgehead atoms. The molecule has 32 heavy (non-hydrogen) atoms. The molecule has 0 aliphatic carbocycles. The number of anilines is 1. The zero-order chi connectivity index (χ0) is 23.5. The Labute approximate surface area is 194 Å². The second-order valence-corrected chi connectivity index (χ2v) is 8.88. The van der Waals surface area contributed by atoms with Crippen LogP contribution in [0, 0.1) is 0 Å². The van der Waals surface area contributed by atoms with Gasteiger partial charge in [-0.3, -0.25) is 14.4 Å². The monoisotopic (exact) mass is 456 g/mol. The highest BCUT2D eigenvalue weighted by Gasteiger charge is 2.48. The van der Waals surface area contributed by atoms with Crippen LogP contribution < -0.4 is 9.64 Å². The molecule has 1 unspecified atom stereocenters. The van der Waals surface area contributed by atoms with E-state index in [0.29, 0.717) is 29.5 Å². The molecule has 0 spiro atoms. The van der Waals surface area contributed by atoms with Crippen LogP contribution in [-0.4, -0.2) is 40.8 Å². The first-order valence-electron chi connectivity index (χ1n) is 10.8. The third-order valence-corrected chi connectivity index (χ3v) is 6.15. The van der Waals surface area contributed by atoms with Gasteiger partial charge in [-0.05, 0) is 69.2 Å². The minimum atomic E-state index is -0.844. The van der Waals surface area contributed by atoms with Gasteiger partial charge in [0.2, 0.25) is 11.8 Å². The van der Waals surface area contributed by atoms with E-state index in [0.717, 1.165) is 5.56 Å². The Kier molecular flexibility index (Phi) is 7.24. The number of rotatable bonds is 8. The maximum Gasteiger partial charge on any atom is 0.257 e. The fraction of sp³-hybridized carbons (Fsp3) is 0.400. The summed E-state index contributed by atoms with van der Waals surface area (Å²) in [5.74, 6) is -0.233. The van der Waals surface area contributed by atoms with Crippen LogP contribution in [0.1, 0.15) is 46.1 Å². The average Bonchev–Trinajstić information content (AvgIpc) is 3.04. The lowest BCUT2D eigenvalue weighted by Crippen LogP contribution is -2.56. The Morgan fingerprint density at radius 3 is 2.28 bits per heavy atom. The summed E-state index contributed by atoms with van der Waals surface area (Å²) in [6, 6.07) is 13.1. The van der Waals surface area contributed by atoms with Crippen molar-refractivity contribution in [3.8, 4) is 5.75 Å². The third kappa shape index (κ3) is 4.96. The summed E-state index contributed by atoms with van der Waals surface area (Å²) in [7, 11) is 0. The van der Waals surface area contributed by atoms with E-state index in [-0.39, 0.29) is 30.6 Å². The van der Waals surface area contributed by atoms with E-state index in [1.54, 1.807) is 53.4 Å². The number of ether oxygens (including phenoxy) is 1. The average molecular weight is 457 g/mol. The topological polar surface area (TPSA) is 66.9 Å². The lowest BCUT2D eigenvalue weighted by atomic mass is 9.94. The normalized spacial score (nSPS) is 16.4. The zero-order valence-electron chi connectivity index (χ0n) is 18.9. The summed E-state index contributed by atoms with van der Waals surface area (Å²) in [5.41, 5.74) is 0.681. The van der Waals surface area contributed by atoms with Crippen LogP contribution in [0.5, 0.6) is 5.75 Å². The van der Waals surface area contributed by atoms with Gasteiger partial charge in [-0.1, -0.05) is 30.7 Å². The smallest absolute Gasteiger partial charge is 0.257 e. The van der Waals surface area contributed by atoms with Crippen molar-refractivity contribution in [2.24, 2.45) is 0 Å². The third-order valence-electron chi connectivity index (χ3n) is 5.90. The van der Waals surface area contributed by atoms with E-state index < -0.39 is 11.6 Å². The highest BCUT2D eigenvalue weighted by Crippen LogP contribution is 2.32. The van der Waals surface area contributed by atoms with Gasteiger partial charge in [-0.25, -0.2) is 4.90 Å². The molecule has 1 atom stereocenters. The summed E-state index contributed by atoms with van der Waals surface area (Å²) < 4.78 is 5.44. The van der Waals surface area contributed by atoms with E-state index in [4.69, 9.17) is 16.3 Å². The first kappa shape index (κ1) is 23.8. The first-order chi connectivity index (χ1) is 15.2. The number of hydrogen-bond acceptors (Lipinski definition) is 4. The number of hydrogen-bond donors (Lipinski definition) is 0. The van der Waals surface area contributed by atoms with Gasteiger partial charge in [0.05, 0.1) is 25.1 Å². The van der Waals surface area contributed by atoms with Crippen molar-refractivity contribution in [1.29, 1.82) is 0 Å². The zero-order valence-corrected chi connectivity index (χ0v) is 19.7. The molecule has 3 rings (SSSR count). The van der Waals surface area contributed by atoms with Gasteiger partial charge in [-0.2, -0.15) is 0 Å². The van der Waals surface area contributed by atoms with Gasteiger partial charge in [-0.15, -0.1) is 0 Å². The number of imide groups is 1. The highest BCUT2D eigenvalue weighted by atomic mass is 35.5. The number of halogens is 1. The predicted octanol–water partition coefficient (Wildman–Crippen LogP) is 4.63. The molecule has 0 N–H and O–H groups in total. The molecule has 1 saturated heterocycles. The minimum absolute atomic E-state index is 0.0398. The van der Waals surface area contributed by atoms with Gasteiger partial charge in [0.25, 0.3) is 5.91 Å². The van der Waals surface area contributed by atoms with Gasteiger partial charge >= 0.3 is 0 Å². The summed E-state index contributed by atoms with van der Waals surface area (Å²) >= 11 is 5.96. The van der Waals surface area contributed by atoms with Crippen LogP contribution in [0.25, 0.3) is 0 Å². The molecular formula is C25H29ClN2O4. The molecule has 170 valence electrons. The van der Waals surface area contributed by atoms with E-state index >= 15 is 0 Å². The van der Waals surface area contributed by atoms with Crippen molar-refractivity contribution in [2.45, 2.75) is 58.5 Å². The molecule has 1 aliphatic rings.